The van der Waals surface area contributed by atoms with Crippen LogP contribution < -0.4 is 5.32 Å². The normalized spacial score (nSPS) is 12.8. The highest BCUT2D eigenvalue weighted by Gasteiger charge is 2.23. The van der Waals surface area contributed by atoms with Crippen LogP contribution in [0.25, 0.3) is 0 Å². The number of aromatic nitrogens is 1. The molecule has 20 heavy (non-hydrogen) atoms. The number of nitrogens with one attached hydrogen (secondary N) is 1. The van der Waals surface area contributed by atoms with Gasteiger partial charge in [0, 0.05) is 0 Å². The summed E-state index contributed by atoms with van der Waals surface area (Å²) in [5.41, 5.74) is -0.0274. The third-order valence-electron chi connectivity index (χ3n) is 2.75. The third kappa shape index (κ3) is 5.34. The van der Waals surface area contributed by atoms with Gasteiger partial charge in [-0.05, 0) is 30.4 Å². The Hall–Kier alpha value is -1.98. The molecule has 0 aliphatic carbocycles. The quantitative estimate of drug-likeness (QED) is 0.868. The van der Waals surface area contributed by atoms with Gasteiger partial charge in [0.1, 0.15) is 17.6 Å². The van der Waals surface area contributed by atoms with Gasteiger partial charge in [-0.3, -0.25) is 4.79 Å². The summed E-state index contributed by atoms with van der Waals surface area (Å²) in [6.45, 7) is 5.99. The van der Waals surface area contributed by atoms with E-state index in [1.807, 2.05) is 20.8 Å². The van der Waals surface area contributed by atoms with Crippen molar-refractivity contribution in [3.05, 3.63) is 29.8 Å². The SMILES string of the molecule is CC(C)(C)CCC(NC(=O)c1ccc(F)cn1)C(=O)O. The van der Waals surface area contributed by atoms with E-state index in [1.54, 1.807) is 0 Å². The van der Waals surface area contributed by atoms with E-state index in [2.05, 4.69) is 10.3 Å². The number of carboxylic acids is 1. The molecular formula is C14H19FN2O3. The molecule has 1 rings (SSSR count). The van der Waals surface area contributed by atoms with Gasteiger partial charge in [0.15, 0.2) is 0 Å². The van der Waals surface area contributed by atoms with Crippen LogP contribution in [0.3, 0.4) is 0 Å². The highest BCUT2D eigenvalue weighted by atomic mass is 19.1. The Morgan fingerprint density at radius 1 is 1.40 bits per heavy atom. The number of hydrogen-bond acceptors (Lipinski definition) is 3. The Labute approximate surface area is 117 Å². The highest BCUT2D eigenvalue weighted by Crippen LogP contribution is 2.21. The predicted octanol–water partition coefficient (Wildman–Crippen LogP) is 2.23. The number of rotatable bonds is 5. The Morgan fingerprint density at radius 3 is 2.50 bits per heavy atom. The van der Waals surface area contributed by atoms with E-state index in [9.17, 15) is 14.0 Å². The molecule has 0 radical (unpaired) electrons. The largest absolute Gasteiger partial charge is 0.480 e. The number of carboxylic acid groups (broad SMARTS) is 1. The van der Waals surface area contributed by atoms with Crippen molar-refractivity contribution in [3.63, 3.8) is 0 Å². The first kappa shape index (κ1) is 16.1. The molecule has 1 amide bonds. The standard InChI is InChI=1S/C14H19FN2O3/c1-14(2,3)7-6-11(13(19)20)17-12(18)10-5-4-9(15)8-16-10/h4-5,8,11H,6-7H2,1-3H3,(H,17,18)(H,19,20). The van der Waals surface area contributed by atoms with Crippen LogP contribution in [0.4, 0.5) is 4.39 Å². The summed E-state index contributed by atoms with van der Waals surface area (Å²) in [5, 5.41) is 11.5. The van der Waals surface area contributed by atoms with E-state index in [4.69, 9.17) is 5.11 Å². The second-order valence-corrected chi connectivity index (χ2v) is 5.83. The second kappa shape index (κ2) is 6.45. The van der Waals surface area contributed by atoms with Gasteiger partial charge in [-0.2, -0.15) is 0 Å². The van der Waals surface area contributed by atoms with E-state index in [1.165, 1.54) is 6.07 Å². The van der Waals surface area contributed by atoms with Gasteiger partial charge in [0.05, 0.1) is 6.20 Å². The van der Waals surface area contributed by atoms with Gasteiger partial charge in [-0.1, -0.05) is 20.8 Å². The maximum atomic E-state index is 12.7. The van der Waals surface area contributed by atoms with Crippen LogP contribution in [-0.2, 0) is 4.79 Å². The fourth-order valence-electron chi connectivity index (χ4n) is 1.58. The summed E-state index contributed by atoms with van der Waals surface area (Å²) in [6.07, 6.45) is 1.90. The molecule has 0 aliphatic rings. The maximum Gasteiger partial charge on any atom is 0.326 e. The number of nitrogens with zero attached hydrogens (tertiary/aromatic N) is 1. The van der Waals surface area contributed by atoms with Crippen LogP contribution in [0.2, 0.25) is 0 Å². The first-order valence-corrected chi connectivity index (χ1v) is 6.34. The minimum atomic E-state index is -1.09. The number of hydrogen-bond donors (Lipinski definition) is 2. The molecule has 1 atom stereocenters. The van der Waals surface area contributed by atoms with Crippen LogP contribution in [0.5, 0.6) is 0 Å². The van der Waals surface area contributed by atoms with Gasteiger partial charge in [-0.25, -0.2) is 14.2 Å². The molecule has 0 saturated heterocycles. The van der Waals surface area contributed by atoms with Crippen LogP contribution in [0, 0.1) is 11.2 Å². The predicted molar refractivity (Wildman–Crippen MR) is 71.8 cm³/mol. The zero-order chi connectivity index (χ0) is 15.3. The fourth-order valence-corrected chi connectivity index (χ4v) is 1.58. The molecule has 1 aromatic heterocycles. The molecular weight excluding hydrogens is 263 g/mol. The first-order valence-electron chi connectivity index (χ1n) is 6.34. The summed E-state index contributed by atoms with van der Waals surface area (Å²) in [5.74, 6) is -2.26. The molecule has 0 fully saturated rings. The molecule has 0 aliphatic heterocycles. The van der Waals surface area contributed by atoms with Crippen molar-refractivity contribution in [2.75, 3.05) is 0 Å². The van der Waals surface area contributed by atoms with Crippen molar-refractivity contribution in [2.24, 2.45) is 5.41 Å². The monoisotopic (exact) mass is 282 g/mol. The van der Waals surface area contributed by atoms with Gasteiger partial charge in [-0.15, -0.1) is 0 Å². The van der Waals surface area contributed by atoms with Crippen molar-refractivity contribution >= 4 is 11.9 Å². The number of carbonyl (C=O) groups excluding carboxylic acids is 1. The zero-order valence-corrected chi connectivity index (χ0v) is 11.8. The highest BCUT2D eigenvalue weighted by molar-refractivity contribution is 5.94. The van der Waals surface area contributed by atoms with Crippen LogP contribution in [0.15, 0.2) is 18.3 Å². The third-order valence-corrected chi connectivity index (χ3v) is 2.75. The maximum absolute atomic E-state index is 12.7. The molecule has 6 heteroatoms. The van der Waals surface area contributed by atoms with Gasteiger partial charge in [0.2, 0.25) is 0 Å². The lowest BCUT2D eigenvalue weighted by molar-refractivity contribution is -0.139. The van der Waals surface area contributed by atoms with E-state index >= 15 is 0 Å². The molecule has 1 heterocycles. The molecule has 0 aromatic carbocycles. The van der Waals surface area contributed by atoms with Crippen molar-refractivity contribution in [1.29, 1.82) is 0 Å². The topological polar surface area (TPSA) is 79.3 Å². The van der Waals surface area contributed by atoms with E-state index in [0.29, 0.717) is 12.8 Å². The van der Waals surface area contributed by atoms with Crippen LogP contribution in [-0.4, -0.2) is 28.0 Å². The van der Waals surface area contributed by atoms with Crippen LogP contribution in [0.1, 0.15) is 44.1 Å². The summed E-state index contributed by atoms with van der Waals surface area (Å²) >= 11 is 0. The van der Waals surface area contributed by atoms with Gasteiger partial charge < -0.3 is 10.4 Å². The minimum Gasteiger partial charge on any atom is -0.480 e. The Balaban J connectivity index is 2.68. The Bertz CT molecular complexity index is 480. The Morgan fingerprint density at radius 2 is 2.05 bits per heavy atom. The summed E-state index contributed by atoms with van der Waals surface area (Å²) in [7, 11) is 0. The second-order valence-electron chi connectivity index (χ2n) is 5.83. The summed E-state index contributed by atoms with van der Waals surface area (Å²) in [6, 6.07) is 1.34. The summed E-state index contributed by atoms with van der Waals surface area (Å²) in [4.78, 5) is 26.6. The molecule has 1 unspecified atom stereocenters. The number of amides is 1. The van der Waals surface area contributed by atoms with E-state index < -0.39 is 23.7 Å². The average Bonchev–Trinajstić information content (AvgIpc) is 2.33. The molecule has 0 saturated carbocycles. The van der Waals surface area contributed by atoms with E-state index in [-0.39, 0.29) is 11.1 Å². The molecule has 0 bridgehead atoms. The molecule has 110 valence electrons. The van der Waals surface area contributed by atoms with Gasteiger partial charge in [0.25, 0.3) is 5.91 Å². The zero-order valence-electron chi connectivity index (χ0n) is 11.8. The number of aliphatic carboxylic acids is 1. The number of pyridine rings is 1. The molecule has 1 aromatic rings. The minimum absolute atomic E-state index is 0.00610. The number of carbonyl (C=O) groups is 2. The van der Waals surface area contributed by atoms with Crippen molar-refractivity contribution in [3.8, 4) is 0 Å². The van der Waals surface area contributed by atoms with Crippen molar-refractivity contribution in [2.45, 2.75) is 39.7 Å². The smallest absolute Gasteiger partial charge is 0.326 e. The van der Waals surface area contributed by atoms with Crippen LogP contribution >= 0.6 is 0 Å². The lowest BCUT2D eigenvalue weighted by Gasteiger charge is -2.21. The number of halogens is 1. The lowest BCUT2D eigenvalue weighted by atomic mass is 9.88. The lowest BCUT2D eigenvalue weighted by Crippen LogP contribution is -2.41. The average molecular weight is 282 g/mol. The van der Waals surface area contributed by atoms with Crippen molar-refractivity contribution < 1.29 is 19.1 Å². The van der Waals surface area contributed by atoms with Gasteiger partial charge >= 0.3 is 5.97 Å². The molecule has 2 N–H and O–H groups in total. The fraction of sp³-hybridized carbons (Fsp3) is 0.500. The molecule has 5 nitrogen and oxygen atoms in total. The summed E-state index contributed by atoms with van der Waals surface area (Å²) < 4.78 is 12.7. The Kier molecular flexibility index (Phi) is 5.19. The first-order chi connectivity index (χ1) is 9.19. The van der Waals surface area contributed by atoms with Crippen molar-refractivity contribution in [1.82, 2.24) is 10.3 Å². The molecule has 0 spiro atoms. The van der Waals surface area contributed by atoms with E-state index in [0.717, 1.165) is 12.3 Å².